The van der Waals surface area contributed by atoms with E-state index in [4.69, 9.17) is 16.2 Å². The van der Waals surface area contributed by atoms with E-state index in [1.54, 1.807) is 0 Å². The molecule has 15 heavy (non-hydrogen) atoms. The van der Waals surface area contributed by atoms with Gasteiger partial charge >= 0.3 is 0 Å². The molecule has 5 heteroatoms. The molecule has 0 aliphatic rings. The molecule has 0 spiro atoms. The lowest BCUT2D eigenvalue weighted by Gasteiger charge is -2.09. The van der Waals surface area contributed by atoms with Crippen LogP contribution in [0.25, 0.3) is 0 Å². The van der Waals surface area contributed by atoms with Crippen LogP contribution in [-0.2, 0) is 0 Å². The summed E-state index contributed by atoms with van der Waals surface area (Å²) in [4.78, 5) is 3.68. The van der Waals surface area contributed by atoms with Crippen LogP contribution in [0.5, 0.6) is 5.75 Å². The Balaban J connectivity index is 2.28. The summed E-state index contributed by atoms with van der Waals surface area (Å²) in [7, 11) is 0. The van der Waals surface area contributed by atoms with Gasteiger partial charge in [0.1, 0.15) is 18.5 Å². The maximum Gasteiger partial charge on any atom is 0.186 e. The van der Waals surface area contributed by atoms with Gasteiger partial charge in [-0.15, -0.1) is 0 Å². The fourth-order valence-corrected chi connectivity index (χ4v) is 0.973. The van der Waals surface area contributed by atoms with Gasteiger partial charge in [-0.05, 0) is 12.1 Å². The number of nitrogens with zero attached hydrogens (tertiary/aromatic N) is 1. The summed E-state index contributed by atoms with van der Waals surface area (Å²) in [5.41, 5.74) is 10.2. The van der Waals surface area contributed by atoms with Crippen molar-refractivity contribution in [2.75, 3.05) is 13.2 Å². The Morgan fingerprint density at radius 3 is 2.60 bits per heavy atom. The molecule has 1 aromatic carbocycles. The van der Waals surface area contributed by atoms with Gasteiger partial charge in [-0.3, -0.25) is 4.99 Å². The van der Waals surface area contributed by atoms with Crippen LogP contribution in [0.3, 0.4) is 0 Å². The van der Waals surface area contributed by atoms with Crippen LogP contribution in [0.2, 0.25) is 0 Å². The first-order valence-electron chi connectivity index (χ1n) is 4.60. The maximum atomic E-state index is 9.42. The highest BCUT2D eigenvalue weighted by molar-refractivity contribution is 5.75. The first kappa shape index (κ1) is 11.3. The number of nitrogens with two attached hydrogens (primary N) is 2. The minimum Gasteiger partial charge on any atom is -0.491 e. The molecule has 1 aromatic rings. The van der Waals surface area contributed by atoms with Gasteiger partial charge in [0.05, 0.1) is 6.54 Å². The van der Waals surface area contributed by atoms with Gasteiger partial charge in [-0.25, -0.2) is 0 Å². The smallest absolute Gasteiger partial charge is 0.186 e. The Labute approximate surface area is 88.4 Å². The van der Waals surface area contributed by atoms with Crippen molar-refractivity contribution < 1.29 is 9.84 Å². The molecule has 0 aliphatic carbocycles. The van der Waals surface area contributed by atoms with E-state index >= 15 is 0 Å². The molecular weight excluding hydrogens is 194 g/mol. The predicted molar refractivity (Wildman–Crippen MR) is 58.6 cm³/mol. The molecule has 82 valence electrons. The average Bonchev–Trinajstić information content (AvgIpc) is 2.25. The highest BCUT2D eigenvalue weighted by Crippen LogP contribution is 2.08. The second-order valence-corrected chi connectivity index (χ2v) is 3.04. The lowest BCUT2D eigenvalue weighted by atomic mass is 10.3. The van der Waals surface area contributed by atoms with E-state index in [2.05, 4.69) is 4.99 Å². The summed E-state index contributed by atoms with van der Waals surface area (Å²) < 4.78 is 5.30. The number of para-hydroxylation sites is 1. The van der Waals surface area contributed by atoms with Crippen molar-refractivity contribution in [1.29, 1.82) is 0 Å². The van der Waals surface area contributed by atoms with Crippen LogP contribution in [0, 0.1) is 0 Å². The van der Waals surface area contributed by atoms with Gasteiger partial charge in [0.2, 0.25) is 0 Å². The number of aliphatic hydroxyl groups is 1. The molecule has 0 aromatic heterocycles. The minimum atomic E-state index is -0.702. The van der Waals surface area contributed by atoms with E-state index < -0.39 is 6.10 Å². The van der Waals surface area contributed by atoms with Crippen LogP contribution in [0.1, 0.15) is 0 Å². The Morgan fingerprint density at radius 2 is 2.00 bits per heavy atom. The molecule has 0 heterocycles. The van der Waals surface area contributed by atoms with Crippen LogP contribution < -0.4 is 16.2 Å². The number of aliphatic imine (C=N–C) groups is 1. The van der Waals surface area contributed by atoms with Crippen LogP contribution in [-0.4, -0.2) is 30.3 Å². The number of aliphatic hydroxyl groups excluding tert-OH is 1. The number of hydrogen-bond donors (Lipinski definition) is 3. The SMILES string of the molecule is NC(N)=NCC(O)COc1ccccc1. The summed E-state index contributed by atoms with van der Waals surface area (Å²) in [5.74, 6) is 0.676. The standard InChI is InChI=1S/C10H15N3O2/c11-10(12)13-6-8(14)7-15-9-4-2-1-3-5-9/h1-5,8,14H,6-7H2,(H4,11,12,13). The van der Waals surface area contributed by atoms with Gasteiger partial charge in [-0.2, -0.15) is 0 Å². The number of ether oxygens (including phenoxy) is 1. The van der Waals surface area contributed by atoms with Gasteiger partial charge < -0.3 is 21.3 Å². The molecule has 5 N–H and O–H groups in total. The first-order chi connectivity index (χ1) is 7.18. The number of rotatable bonds is 5. The van der Waals surface area contributed by atoms with E-state index in [1.165, 1.54) is 0 Å². The molecular formula is C10H15N3O2. The summed E-state index contributed by atoms with van der Waals surface area (Å²) in [6.07, 6.45) is -0.702. The van der Waals surface area contributed by atoms with Gasteiger partial charge in [0, 0.05) is 0 Å². The topological polar surface area (TPSA) is 93.9 Å². The largest absolute Gasteiger partial charge is 0.491 e. The van der Waals surface area contributed by atoms with E-state index in [0.29, 0.717) is 5.75 Å². The number of benzene rings is 1. The number of hydrogen-bond acceptors (Lipinski definition) is 3. The normalized spacial score (nSPS) is 11.8. The lowest BCUT2D eigenvalue weighted by Crippen LogP contribution is -2.27. The second-order valence-electron chi connectivity index (χ2n) is 3.04. The molecule has 0 aliphatic heterocycles. The minimum absolute atomic E-state index is 0.0336. The van der Waals surface area contributed by atoms with E-state index in [9.17, 15) is 5.11 Å². The summed E-state index contributed by atoms with van der Waals surface area (Å²) in [6.45, 7) is 0.315. The third kappa shape index (κ3) is 4.87. The van der Waals surface area contributed by atoms with Crippen molar-refractivity contribution in [3.05, 3.63) is 30.3 Å². The van der Waals surface area contributed by atoms with Crippen molar-refractivity contribution in [1.82, 2.24) is 0 Å². The molecule has 0 saturated carbocycles. The highest BCUT2D eigenvalue weighted by atomic mass is 16.5. The predicted octanol–water partition coefficient (Wildman–Crippen LogP) is -0.300. The zero-order chi connectivity index (χ0) is 11.1. The lowest BCUT2D eigenvalue weighted by molar-refractivity contribution is 0.114. The quantitative estimate of drug-likeness (QED) is 0.458. The molecule has 0 fully saturated rings. The molecule has 5 nitrogen and oxygen atoms in total. The van der Waals surface area contributed by atoms with Gasteiger partial charge in [0.15, 0.2) is 5.96 Å². The third-order valence-corrected chi connectivity index (χ3v) is 1.67. The van der Waals surface area contributed by atoms with Gasteiger partial charge in [0.25, 0.3) is 0 Å². The van der Waals surface area contributed by atoms with E-state index in [1.807, 2.05) is 30.3 Å². The Bertz CT molecular complexity index is 310. The van der Waals surface area contributed by atoms with Crippen molar-refractivity contribution in [2.45, 2.75) is 6.10 Å². The monoisotopic (exact) mass is 209 g/mol. The Kier molecular flexibility index (Phi) is 4.43. The Morgan fingerprint density at radius 1 is 1.33 bits per heavy atom. The van der Waals surface area contributed by atoms with E-state index in [-0.39, 0.29) is 19.1 Å². The maximum absolute atomic E-state index is 9.42. The third-order valence-electron chi connectivity index (χ3n) is 1.67. The highest BCUT2D eigenvalue weighted by Gasteiger charge is 2.03. The first-order valence-corrected chi connectivity index (χ1v) is 4.60. The van der Waals surface area contributed by atoms with Crippen LogP contribution in [0.15, 0.2) is 35.3 Å². The molecule has 0 bridgehead atoms. The molecule has 1 atom stereocenters. The van der Waals surface area contributed by atoms with Crippen molar-refractivity contribution in [2.24, 2.45) is 16.5 Å². The van der Waals surface area contributed by atoms with Gasteiger partial charge in [-0.1, -0.05) is 18.2 Å². The second kappa shape index (κ2) is 5.87. The molecule has 1 unspecified atom stereocenters. The number of guanidine groups is 1. The molecule has 0 saturated heterocycles. The van der Waals surface area contributed by atoms with Crippen molar-refractivity contribution in [3.8, 4) is 5.75 Å². The van der Waals surface area contributed by atoms with Crippen LogP contribution in [0.4, 0.5) is 0 Å². The van der Waals surface area contributed by atoms with Crippen LogP contribution >= 0.6 is 0 Å². The summed E-state index contributed by atoms with van der Waals surface area (Å²) in [6, 6.07) is 9.23. The molecule has 0 amide bonds. The molecule has 1 rings (SSSR count). The van der Waals surface area contributed by atoms with Crippen molar-refractivity contribution >= 4 is 5.96 Å². The fraction of sp³-hybridized carbons (Fsp3) is 0.300. The zero-order valence-corrected chi connectivity index (χ0v) is 8.34. The summed E-state index contributed by atoms with van der Waals surface area (Å²) >= 11 is 0. The zero-order valence-electron chi connectivity index (χ0n) is 8.34. The summed E-state index contributed by atoms with van der Waals surface area (Å²) in [5, 5.41) is 9.42. The van der Waals surface area contributed by atoms with Crippen molar-refractivity contribution in [3.63, 3.8) is 0 Å². The average molecular weight is 209 g/mol. The van der Waals surface area contributed by atoms with E-state index in [0.717, 1.165) is 0 Å². The molecule has 0 radical (unpaired) electrons. The Hall–Kier alpha value is -1.75. The fourth-order valence-electron chi connectivity index (χ4n) is 0.973.